The van der Waals surface area contributed by atoms with Crippen LogP contribution in [0.5, 0.6) is 0 Å². The van der Waals surface area contributed by atoms with Crippen LogP contribution in [0.25, 0.3) is 0 Å². The molecule has 3 nitrogen and oxygen atoms in total. The molecule has 122 valence electrons. The van der Waals surface area contributed by atoms with Crippen molar-refractivity contribution >= 4 is 18.3 Å². The van der Waals surface area contributed by atoms with Crippen LogP contribution in [0.1, 0.15) is 31.7 Å². The molecule has 1 amide bonds. The first-order chi connectivity index (χ1) is 10.1. The van der Waals surface area contributed by atoms with Crippen LogP contribution in [0, 0.1) is 17.2 Å². The lowest BCUT2D eigenvalue weighted by Crippen LogP contribution is -2.38. The van der Waals surface area contributed by atoms with Crippen molar-refractivity contribution in [1.82, 2.24) is 10.6 Å². The highest BCUT2D eigenvalue weighted by atomic mass is 35.5. The van der Waals surface area contributed by atoms with E-state index in [0.717, 1.165) is 32.4 Å². The maximum Gasteiger partial charge on any atom is 0.223 e. The lowest BCUT2D eigenvalue weighted by molar-refractivity contribution is -0.123. The summed E-state index contributed by atoms with van der Waals surface area (Å²) in [5.74, 6) is 0.128. The number of benzene rings is 1. The van der Waals surface area contributed by atoms with E-state index < -0.39 is 0 Å². The first-order valence-corrected chi connectivity index (χ1v) is 7.85. The number of halogens is 2. The maximum atomic E-state index is 13.6. The van der Waals surface area contributed by atoms with Gasteiger partial charge in [-0.2, -0.15) is 0 Å². The Balaban J connectivity index is 0.00000176. The SMILES string of the molecule is CC(Cc1ccccc1F)NC(=O)C1CC12CCNCC2.Cl. The first kappa shape index (κ1) is 17.2. The third kappa shape index (κ3) is 3.61. The summed E-state index contributed by atoms with van der Waals surface area (Å²) in [6, 6.07) is 6.73. The molecule has 1 aromatic carbocycles. The van der Waals surface area contributed by atoms with E-state index in [0.29, 0.717) is 12.0 Å². The molecule has 2 fully saturated rings. The Morgan fingerprint density at radius 1 is 1.41 bits per heavy atom. The Kier molecular flexibility index (Phi) is 5.45. The molecule has 1 saturated heterocycles. The van der Waals surface area contributed by atoms with Gasteiger partial charge in [0.15, 0.2) is 0 Å². The zero-order valence-corrected chi connectivity index (χ0v) is 13.7. The molecule has 2 aliphatic rings. The van der Waals surface area contributed by atoms with Gasteiger partial charge in [0.25, 0.3) is 0 Å². The molecule has 1 aromatic rings. The average molecular weight is 327 g/mol. The molecule has 0 aromatic heterocycles. The number of hydrogen-bond donors (Lipinski definition) is 2. The largest absolute Gasteiger partial charge is 0.353 e. The number of rotatable bonds is 4. The van der Waals surface area contributed by atoms with Gasteiger partial charge in [-0.05, 0) is 62.7 Å². The molecule has 1 heterocycles. The van der Waals surface area contributed by atoms with Crippen molar-refractivity contribution in [3.05, 3.63) is 35.6 Å². The number of amides is 1. The van der Waals surface area contributed by atoms with E-state index in [2.05, 4.69) is 10.6 Å². The van der Waals surface area contributed by atoms with Gasteiger partial charge in [0, 0.05) is 12.0 Å². The van der Waals surface area contributed by atoms with E-state index in [1.807, 2.05) is 13.0 Å². The van der Waals surface area contributed by atoms with Crippen molar-refractivity contribution in [2.24, 2.45) is 11.3 Å². The fraction of sp³-hybridized carbons (Fsp3) is 0.588. The minimum absolute atomic E-state index is 0. The number of carbonyl (C=O) groups excluding carboxylic acids is 1. The van der Waals surface area contributed by atoms with Gasteiger partial charge < -0.3 is 10.6 Å². The molecule has 5 heteroatoms. The topological polar surface area (TPSA) is 41.1 Å². The first-order valence-electron chi connectivity index (χ1n) is 7.85. The lowest BCUT2D eigenvalue weighted by Gasteiger charge is -2.23. The molecule has 3 rings (SSSR count). The normalized spacial score (nSPS) is 23.5. The molecule has 2 unspecified atom stereocenters. The van der Waals surface area contributed by atoms with Gasteiger partial charge in [-0.3, -0.25) is 4.79 Å². The molecular weight excluding hydrogens is 303 g/mol. The quantitative estimate of drug-likeness (QED) is 0.893. The van der Waals surface area contributed by atoms with Crippen molar-refractivity contribution in [3.8, 4) is 0 Å². The summed E-state index contributed by atoms with van der Waals surface area (Å²) in [4.78, 5) is 12.3. The molecule has 1 spiro atoms. The number of carbonyl (C=O) groups is 1. The molecule has 0 bridgehead atoms. The number of hydrogen-bond acceptors (Lipinski definition) is 2. The van der Waals surface area contributed by atoms with Crippen LogP contribution in [0.15, 0.2) is 24.3 Å². The monoisotopic (exact) mass is 326 g/mol. The van der Waals surface area contributed by atoms with Crippen molar-refractivity contribution in [2.75, 3.05) is 13.1 Å². The Bertz CT molecular complexity index is 531. The summed E-state index contributed by atoms with van der Waals surface area (Å²) in [5.41, 5.74) is 0.922. The predicted octanol–water partition coefficient (Wildman–Crippen LogP) is 2.68. The zero-order chi connectivity index (χ0) is 14.9. The minimum Gasteiger partial charge on any atom is -0.353 e. The summed E-state index contributed by atoms with van der Waals surface area (Å²) in [5, 5.41) is 6.41. The van der Waals surface area contributed by atoms with Gasteiger partial charge in [0.2, 0.25) is 5.91 Å². The van der Waals surface area contributed by atoms with Gasteiger partial charge in [0.05, 0.1) is 0 Å². The molecule has 22 heavy (non-hydrogen) atoms. The van der Waals surface area contributed by atoms with Crippen molar-refractivity contribution < 1.29 is 9.18 Å². The van der Waals surface area contributed by atoms with Gasteiger partial charge >= 0.3 is 0 Å². The summed E-state index contributed by atoms with van der Waals surface area (Å²) < 4.78 is 13.6. The lowest BCUT2D eigenvalue weighted by atomic mass is 9.91. The molecule has 1 aliphatic heterocycles. The van der Waals surface area contributed by atoms with Crippen molar-refractivity contribution in [1.29, 1.82) is 0 Å². The molecule has 0 radical (unpaired) electrons. The van der Waals surface area contributed by atoms with Crippen LogP contribution in [-0.2, 0) is 11.2 Å². The Morgan fingerprint density at radius 3 is 2.77 bits per heavy atom. The standard InChI is InChI=1S/C17H23FN2O.ClH/c1-12(10-13-4-2-3-5-15(13)18)20-16(21)14-11-17(14)6-8-19-9-7-17;/h2-5,12,14,19H,6-11H2,1H3,(H,20,21);1H. The van der Waals surface area contributed by atoms with Gasteiger partial charge in [-0.25, -0.2) is 4.39 Å². The summed E-state index contributed by atoms with van der Waals surface area (Å²) in [6.45, 7) is 3.99. The highest BCUT2D eigenvalue weighted by molar-refractivity contribution is 5.85. The van der Waals surface area contributed by atoms with Gasteiger partial charge in [0.1, 0.15) is 5.82 Å². The van der Waals surface area contributed by atoms with E-state index in [-0.39, 0.29) is 41.5 Å². The molecule has 2 atom stereocenters. The van der Waals surface area contributed by atoms with E-state index in [4.69, 9.17) is 0 Å². The van der Waals surface area contributed by atoms with Crippen molar-refractivity contribution in [2.45, 2.75) is 38.6 Å². The smallest absolute Gasteiger partial charge is 0.223 e. The van der Waals surface area contributed by atoms with Crippen LogP contribution in [0.2, 0.25) is 0 Å². The number of piperidine rings is 1. The second-order valence-electron chi connectivity index (χ2n) is 6.57. The second kappa shape index (κ2) is 6.97. The van der Waals surface area contributed by atoms with Crippen LogP contribution < -0.4 is 10.6 Å². The minimum atomic E-state index is -0.195. The highest BCUT2D eigenvalue weighted by Crippen LogP contribution is 2.58. The van der Waals surface area contributed by atoms with Crippen molar-refractivity contribution in [3.63, 3.8) is 0 Å². The highest BCUT2D eigenvalue weighted by Gasteiger charge is 2.57. The maximum absolute atomic E-state index is 13.6. The van der Waals surface area contributed by atoms with Gasteiger partial charge in [-0.1, -0.05) is 18.2 Å². The number of nitrogens with one attached hydrogen (secondary N) is 2. The van der Waals surface area contributed by atoms with E-state index in [9.17, 15) is 9.18 Å². The fourth-order valence-corrected chi connectivity index (χ4v) is 3.58. The van der Waals surface area contributed by atoms with Gasteiger partial charge in [-0.15, -0.1) is 12.4 Å². The second-order valence-corrected chi connectivity index (χ2v) is 6.57. The molecule has 1 saturated carbocycles. The summed E-state index contributed by atoms with van der Waals surface area (Å²) in [7, 11) is 0. The van der Waals surface area contributed by atoms with Crippen LogP contribution in [-0.4, -0.2) is 25.0 Å². The molecular formula is C17H24ClFN2O. The Morgan fingerprint density at radius 2 is 2.09 bits per heavy atom. The van der Waals surface area contributed by atoms with E-state index >= 15 is 0 Å². The Labute approximate surface area is 137 Å². The summed E-state index contributed by atoms with van der Waals surface area (Å²) in [6.07, 6.45) is 3.77. The van der Waals surface area contributed by atoms with E-state index in [1.165, 1.54) is 6.07 Å². The molecule has 2 N–H and O–H groups in total. The summed E-state index contributed by atoms with van der Waals surface area (Å²) >= 11 is 0. The molecule has 1 aliphatic carbocycles. The third-order valence-corrected chi connectivity index (χ3v) is 4.98. The van der Waals surface area contributed by atoms with E-state index in [1.54, 1.807) is 12.1 Å². The average Bonchev–Trinajstić information content (AvgIpc) is 3.16. The van der Waals surface area contributed by atoms with Crippen LogP contribution in [0.3, 0.4) is 0 Å². The zero-order valence-electron chi connectivity index (χ0n) is 12.9. The third-order valence-electron chi connectivity index (χ3n) is 4.98. The predicted molar refractivity (Wildman–Crippen MR) is 87.6 cm³/mol. The Hall–Kier alpha value is -1.13. The van der Waals surface area contributed by atoms with Crippen LogP contribution in [0.4, 0.5) is 4.39 Å². The fourth-order valence-electron chi connectivity index (χ4n) is 3.58. The van der Waals surface area contributed by atoms with Crippen LogP contribution >= 0.6 is 12.4 Å².